The summed E-state index contributed by atoms with van der Waals surface area (Å²) in [6.45, 7) is 8.10. The van der Waals surface area contributed by atoms with Gasteiger partial charge in [0.1, 0.15) is 0 Å². The van der Waals surface area contributed by atoms with E-state index in [9.17, 15) is 9.59 Å². The molecule has 1 aromatic carbocycles. The van der Waals surface area contributed by atoms with Crippen LogP contribution in [-0.2, 0) is 17.8 Å². The van der Waals surface area contributed by atoms with Crippen molar-refractivity contribution in [3.05, 3.63) is 23.3 Å². The number of nitrogens with zero attached hydrogens (tertiary/aromatic N) is 1. The van der Waals surface area contributed by atoms with E-state index >= 15 is 0 Å². The highest BCUT2D eigenvalue weighted by atomic mass is 16.5. The SMILES string of the molecule is CCOc1cc2c(cc1OCC)CN([C@H](C)C(=O)NC(N)=O)CC2. The molecular formula is C17H25N3O4. The van der Waals surface area contributed by atoms with Gasteiger partial charge >= 0.3 is 6.03 Å². The third-order valence-electron chi connectivity index (χ3n) is 4.08. The zero-order valence-corrected chi connectivity index (χ0v) is 14.4. The van der Waals surface area contributed by atoms with Crippen molar-refractivity contribution in [3.8, 4) is 11.5 Å². The number of imide groups is 1. The summed E-state index contributed by atoms with van der Waals surface area (Å²) >= 11 is 0. The van der Waals surface area contributed by atoms with Crippen molar-refractivity contribution in [3.63, 3.8) is 0 Å². The number of ether oxygens (including phenoxy) is 2. The molecule has 3 amide bonds. The van der Waals surface area contributed by atoms with E-state index in [1.165, 1.54) is 5.56 Å². The molecule has 7 nitrogen and oxygen atoms in total. The molecule has 0 spiro atoms. The van der Waals surface area contributed by atoms with Crippen LogP contribution >= 0.6 is 0 Å². The molecule has 0 saturated carbocycles. The smallest absolute Gasteiger partial charge is 0.318 e. The third kappa shape index (κ3) is 4.17. The lowest BCUT2D eigenvalue weighted by atomic mass is 9.97. The van der Waals surface area contributed by atoms with Gasteiger partial charge < -0.3 is 15.2 Å². The maximum Gasteiger partial charge on any atom is 0.318 e. The van der Waals surface area contributed by atoms with Crippen molar-refractivity contribution in [1.29, 1.82) is 0 Å². The van der Waals surface area contributed by atoms with Crippen molar-refractivity contribution >= 4 is 11.9 Å². The number of fused-ring (bicyclic) bond motifs is 1. The van der Waals surface area contributed by atoms with Gasteiger partial charge in [0.2, 0.25) is 5.91 Å². The van der Waals surface area contributed by atoms with Gasteiger partial charge in [-0.15, -0.1) is 0 Å². The van der Waals surface area contributed by atoms with Crippen LogP contribution in [-0.4, -0.2) is 42.6 Å². The topological polar surface area (TPSA) is 93.9 Å². The van der Waals surface area contributed by atoms with Crippen molar-refractivity contribution in [2.24, 2.45) is 5.73 Å². The number of urea groups is 1. The monoisotopic (exact) mass is 335 g/mol. The summed E-state index contributed by atoms with van der Waals surface area (Å²) < 4.78 is 11.3. The molecule has 1 aliphatic rings. The van der Waals surface area contributed by atoms with Crippen LogP contribution in [0.1, 0.15) is 31.9 Å². The van der Waals surface area contributed by atoms with Crippen LogP contribution in [0.25, 0.3) is 0 Å². The fourth-order valence-electron chi connectivity index (χ4n) is 2.84. The maximum absolute atomic E-state index is 12.0. The fraction of sp³-hybridized carbons (Fsp3) is 0.529. The van der Waals surface area contributed by atoms with E-state index in [4.69, 9.17) is 15.2 Å². The molecule has 0 saturated heterocycles. The summed E-state index contributed by atoms with van der Waals surface area (Å²) in [4.78, 5) is 24.8. The molecule has 0 radical (unpaired) electrons. The molecule has 24 heavy (non-hydrogen) atoms. The Kier molecular flexibility index (Phi) is 6.03. The molecule has 0 unspecified atom stereocenters. The first-order valence-corrected chi connectivity index (χ1v) is 8.22. The molecule has 0 fully saturated rings. The Hall–Kier alpha value is -2.28. The van der Waals surface area contributed by atoms with Crippen molar-refractivity contribution in [2.75, 3.05) is 19.8 Å². The van der Waals surface area contributed by atoms with Crippen LogP contribution in [0.3, 0.4) is 0 Å². The zero-order valence-electron chi connectivity index (χ0n) is 14.4. The Morgan fingerprint density at radius 3 is 2.33 bits per heavy atom. The predicted octanol–water partition coefficient (Wildman–Crippen LogP) is 1.43. The Bertz CT molecular complexity index is 618. The Labute approximate surface area is 142 Å². The predicted molar refractivity (Wildman–Crippen MR) is 90.1 cm³/mol. The second-order valence-corrected chi connectivity index (χ2v) is 5.68. The van der Waals surface area contributed by atoms with Gasteiger partial charge in [-0.25, -0.2) is 4.79 Å². The lowest BCUT2D eigenvalue weighted by molar-refractivity contribution is -0.125. The van der Waals surface area contributed by atoms with E-state index in [0.717, 1.165) is 24.3 Å². The van der Waals surface area contributed by atoms with E-state index in [2.05, 4.69) is 5.32 Å². The maximum atomic E-state index is 12.0. The van der Waals surface area contributed by atoms with E-state index in [0.29, 0.717) is 25.5 Å². The van der Waals surface area contributed by atoms with Crippen molar-refractivity contribution in [1.82, 2.24) is 10.2 Å². The zero-order chi connectivity index (χ0) is 17.7. The first-order valence-electron chi connectivity index (χ1n) is 8.22. The Morgan fingerprint density at radius 2 is 1.79 bits per heavy atom. The number of hydrogen-bond donors (Lipinski definition) is 2. The number of nitrogens with one attached hydrogen (secondary N) is 1. The molecule has 1 heterocycles. The second-order valence-electron chi connectivity index (χ2n) is 5.68. The number of carbonyl (C=O) groups excluding carboxylic acids is 2. The minimum atomic E-state index is -0.829. The molecule has 7 heteroatoms. The number of primary amides is 1. The van der Waals surface area contributed by atoms with Crippen LogP contribution in [0, 0.1) is 0 Å². The first-order chi connectivity index (χ1) is 11.5. The molecular weight excluding hydrogens is 310 g/mol. The van der Waals surface area contributed by atoms with Gasteiger partial charge in [-0.05, 0) is 50.5 Å². The van der Waals surface area contributed by atoms with E-state index in [1.807, 2.05) is 30.9 Å². The van der Waals surface area contributed by atoms with E-state index in [1.54, 1.807) is 6.92 Å². The normalized spacial score (nSPS) is 15.3. The molecule has 0 aromatic heterocycles. The molecule has 1 aromatic rings. The molecule has 0 bridgehead atoms. The van der Waals surface area contributed by atoms with Gasteiger partial charge in [0, 0.05) is 13.1 Å². The number of amides is 3. The van der Waals surface area contributed by atoms with Crippen molar-refractivity contribution in [2.45, 2.75) is 39.8 Å². The van der Waals surface area contributed by atoms with Crippen molar-refractivity contribution < 1.29 is 19.1 Å². The molecule has 3 N–H and O–H groups in total. The van der Waals surface area contributed by atoms with Gasteiger partial charge in [-0.2, -0.15) is 0 Å². The lowest BCUT2D eigenvalue weighted by Gasteiger charge is -2.33. The van der Waals surface area contributed by atoms with E-state index in [-0.39, 0.29) is 5.91 Å². The summed E-state index contributed by atoms with van der Waals surface area (Å²) in [6.07, 6.45) is 0.802. The van der Waals surface area contributed by atoms with Gasteiger partial charge in [0.15, 0.2) is 11.5 Å². The third-order valence-corrected chi connectivity index (χ3v) is 4.08. The second kappa shape index (κ2) is 8.01. The van der Waals surface area contributed by atoms with Crippen LogP contribution < -0.4 is 20.5 Å². The Balaban J connectivity index is 2.18. The van der Waals surface area contributed by atoms with E-state index < -0.39 is 12.1 Å². The minimum Gasteiger partial charge on any atom is -0.490 e. The summed E-state index contributed by atoms with van der Waals surface area (Å²) in [6, 6.07) is 2.74. The number of rotatable bonds is 6. The summed E-state index contributed by atoms with van der Waals surface area (Å²) in [7, 11) is 0. The highest BCUT2D eigenvalue weighted by Crippen LogP contribution is 2.34. The van der Waals surface area contributed by atoms with Crippen LogP contribution in [0.5, 0.6) is 11.5 Å². The quantitative estimate of drug-likeness (QED) is 0.820. The average Bonchev–Trinajstić information content (AvgIpc) is 2.54. The highest BCUT2D eigenvalue weighted by molar-refractivity contribution is 5.96. The van der Waals surface area contributed by atoms with Gasteiger partial charge in [0.25, 0.3) is 0 Å². The average molecular weight is 335 g/mol. The number of nitrogens with two attached hydrogens (primary N) is 1. The summed E-state index contributed by atoms with van der Waals surface area (Å²) in [5, 5.41) is 2.13. The molecule has 1 aliphatic heterocycles. The molecule has 2 rings (SSSR count). The highest BCUT2D eigenvalue weighted by Gasteiger charge is 2.27. The van der Waals surface area contributed by atoms with Gasteiger partial charge in [0.05, 0.1) is 19.3 Å². The standard InChI is InChI=1S/C17H25N3O4/c1-4-23-14-8-12-6-7-20(11(3)16(21)19-17(18)22)10-13(12)9-15(14)24-5-2/h8-9,11H,4-7,10H2,1-3H3,(H3,18,19,21,22)/t11-/m1/s1. The summed E-state index contributed by atoms with van der Waals surface area (Å²) in [5.41, 5.74) is 7.31. The number of carbonyl (C=O) groups is 2. The first kappa shape index (κ1) is 18.1. The fourth-order valence-corrected chi connectivity index (χ4v) is 2.84. The van der Waals surface area contributed by atoms with Crippen LogP contribution in [0.2, 0.25) is 0 Å². The molecule has 1 atom stereocenters. The molecule has 132 valence electrons. The molecule has 0 aliphatic carbocycles. The summed E-state index contributed by atoms with van der Waals surface area (Å²) in [5.74, 6) is 1.09. The van der Waals surface area contributed by atoms with Crippen LogP contribution in [0.15, 0.2) is 12.1 Å². The Morgan fingerprint density at radius 1 is 1.21 bits per heavy atom. The number of hydrogen-bond acceptors (Lipinski definition) is 5. The lowest BCUT2D eigenvalue weighted by Crippen LogP contribution is -2.49. The minimum absolute atomic E-state index is 0.387. The largest absolute Gasteiger partial charge is 0.490 e. The van der Waals surface area contributed by atoms with Gasteiger partial charge in [-0.1, -0.05) is 0 Å². The van der Waals surface area contributed by atoms with Gasteiger partial charge in [-0.3, -0.25) is 15.0 Å². The number of benzene rings is 1. The van der Waals surface area contributed by atoms with Crippen LogP contribution in [0.4, 0.5) is 4.79 Å².